The molecule has 3 aromatic rings. The monoisotopic (exact) mass is 425 g/mol. The SMILES string of the molecule is COc1ccc(N2C(=O)C(=O)/C(=C(\O)c3cccc(Cl)c3)C2c2cccs2)cc1. The molecule has 7 heteroatoms. The molecule has 5 nitrogen and oxygen atoms in total. The number of nitrogens with zero attached hydrogens (tertiary/aromatic N) is 1. The summed E-state index contributed by atoms with van der Waals surface area (Å²) in [6, 6.07) is 16.4. The molecule has 0 saturated carbocycles. The topological polar surface area (TPSA) is 66.8 Å². The molecule has 0 spiro atoms. The molecule has 2 heterocycles. The Kier molecular flexibility index (Phi) is 5.13. The van der Waals surface area contributed by atoms with Gasteiger partial charge in [0.2, 0.25) is 0 Å². The van der Waals surface area contributed by atoms with Crippen molar-refractivity contribution < 1.29 is 19.4 Å². The molecule has 1 saturated heterocycles. The van der Waals surface area contributed by atoms with E-state index in [1.807, 2.05) is 17.5 Å². The van der Waals surface area contributed by atoms with E-state index in [1.165, 1.54) is 16.2 Å². The maximum absolute atomic E-state index is 13.0. The van der Waals surface area contributed by atoms with Gasteiger partial charge in [0.15, 0.2) is 0 Å². The molecule has 1 atom stereocenters. The number of amides is 1. The quantitative estimate of drug-likeness (QED) is 0.361. The van der Waals surface area contributed by atoms with Crippen LogP contribution in [0.1, 0.15) is 16.5 Å². The molecule has 1 aliphatic rings. The van der Waals surface area contributed by atoms with Gasteiger partial charge in [-0.1, -0.05) is 29.8 Å². The molecule has 0 bridgehead atoms. The molecule has 1 aromatic heterocycles. The van der Waals surface area contributed by atoms with E-state index in [0.717, 1.165) is 4.88 Å². The van der Waals surface area contributed by atoms with Crippen LogP contribution in [0.4, 0.5) is 5.69 Å². The molecule has 146 valence electrons. The Bertz CT molecular complexity index is 1110. The van der Waals surface area contributed by atoms with Crippen LogP contribution in [0.15, 0.2) is 71.6 Å². The van der Waals surface area contributed by atoms with Crippen LogP contribution in [-0.4, -0.2) is 23.9 Å². The highest BCUT2D eigenvalue weighted by Gasteiger charge is 2.47. The number of aliphatic hydroxyl groups is 1. The van der Waals surface area contributed by atoms with Crippen molar-refractivity contribution in [1.82, 2.24) is 0 Å². The van der Waals surface area contributed by atoms with Crippen LogP contribution in [0.25, 0.3) is 5.76 Å². The zero-order chi connectivity index (χ0) is 20.5. The fourth-order valence-corrected chi connectivity index (χ4v) is 4.36. The van der Waals surface area contributed by atoms with Crippen molar-refractivity contribution in [2.75, 3.05) is 12.0 Å². The van der Waals surface area contributed by atoms with Crippen molar-refractivity contribution in [1.29, 1.82) is 0 Å². The predicted molar refractivity (Wildman–Crippen MR) is 114 cm³/mol. The summed E-state index contributed by atoms with van der Waals surface area (Å²) in [6.45, 7) is 0. The molecule has 29 heavy (non-hydrogen) atoms. The van der Waals surface area contributed by atoms with Gasteiger partial charge in [-0.05, 0) is 47.8 Å². The number of carbonyl (C=O) groups excluding carboxylic acids is 2. The van der Waals surface area contributed by atoms with E-state index in [4.69, 9.17) is 16.3 Å². The highest BCUT2D eigenvalue weighted by atomic mass is 35.5. The summed E-state index contributed by atoms with van der Waals surface area (Å²) >= 11 is 7.45. The van der Waals surface area contributed by atoms with Crippen LogP contribution >= 0.6 is 22.9 Å². The number of Topliss-reactive ketones (excluding diaryl/α,β-unsaturated/α-hetero) is 1. The van der Waals surface area contributed by atoms with E-state index in [-0.39, 0.29) is 11.3 Å². The Morgan fingerprint density at radius 3 is 2.48 bits per heavy atom. The molecular weight excluding hydrogens is 410 g/mol. The van der Waals surface area contributed by atoms with E-state index < -0.39 is 17.7 Å². The molecule has 2 aromatic carbocycles. The lowest BCUT2D eigenvalue weighted by Crippen LogP contribution is -2.29. The van der Waals surface area contributed by atoms with E-state index in [1.54, 1.807) is 55.6 Å². The Morgan fingerprint density at radius 1 is 1.10 bits per heavy atom. The van der Waals surface area contributed by atoms with Crippen molar-refractivity contribution in [2.45, 2.75) is 6.04 Å². The minimum absolute atomic E-state index is 0.0375. The molecule has 1 aliphatic heterocycles. The summed E-state index contributed by atoms with van der Waals surface area (Å²) in [5.74, 6) is -1.05. The number of hydrogen-bond acceptors (Lipinski definition) is 5. The Morgan fingerprint density at radius 2 is 1.86 bits per heavy atom. The van der Waals surface area contributed by atoms with Crippen molar-refractivity contribution >= 4 is 46.1 Å². The van der Waals surface area contributed by atoms with Gasteiger partial charge in [-0.15, -0.1) is 11.3 Å². The number of anilines is 1. The highest BCUT2D eigenvalue weighted by molar-refractivity contribution is 7.10. The number of carbonyl (C=O) groups is 2. The zero-order valence-corrected chi connectivity index (χ0v) is 16.9. The highest BCUT2D eigenvalue weighted by Crippen LogP contribution is 2.43. The zero-order valence-electron chi connectivity index (χ0n) is 15.3. The first-order valence-corrected chi connectivity index (χ1v) is 10.0. The fraction of sp³-hybridized carbons (Fsp3) is 0.0909. The van der Waals surface area contributed by atoms with Crippen LogP contribution in [0, 0.1) is 0 Å². The van der Waals surface area contributed by atoms with Crippen LogP contribution < -0.4 is 9.64 Å². The minimum Gasteiger partial charge on any atom is -0.507 e. The summed E-state index contributed by atoms with van der Waals surface area (Å²) < 4.78 is 5.18. The first kappa shape index (κ1) is 19.2. The third-order valence-electron chi connectivity index (χ3n) is 4.71. The average molecular weight is 426 g/mol. The fourth-order valence-electron chi connectivity index (χ4n) is 3.35. The smallest absolute Gasteiger partial charge is 0.300 e. The molecular formula is C22H16ClNO4S. The number of aliphatic hydroxyl groups excluding tert-OH is 1. The third-order valence-corrected chi connectivity index (χ3v) is 5.87. The number of ketones is 1. The van der Waals surface area contributed by atoms with E-state index in [2.05, 4.69) is 0 Å². The van der Waals surface area contributed by atoms with E-state index >= 15 is 0 Å². The summed E-state index contributed by atoms with van der Waals surface area (Å²) in [4.78, 5) is 28.1. The number of hydrogen-bond donors (Lipinski definition) is 1. The Balaban J connectivity index is 1.90. The molecule has 0 radical (unpaired) electrons. The lowest BCUT2D eigenvalue weighted by molar-refractivity contribution is -0.132. The number of ether oxygens (including phenoxy) is 1. The molecule has 1 unspecified atom stereocenters. The van der Waals surface area contributed by atoms with Gasteiger partial charge >= 0.3 is 0 Å². The first-order chi connectivity index (χ1) is 14.0. The van der Waals surface area contributed by atoms with Crippen molar-refractivity contribution in [3.63, 3.8) is 0 Å². The van der Waals surface area contributed by atoms with Gasteiger partial charge in [0.1, 0.15) is 17.6 Å². The Hall–Kier alpha value is -3.09. The summed E-state index contributed by atoms with van der Waals surface area (Å²) in [5, 5.41) is 13.2. The maximum Gasteiger partial charge on any atom is 0.300 e. The standard InChI is InChI=1S/C22H16ClNO4S/c1-28-16-9-7-15(8-10-16)24-19(17-6-3-11-29-17)18(21(26)22(24)27)20(25)13-4-2-5-14(23)12-13/h2-12,19,25H,1H3/b20-18-. The first-order valence-electron chi connectivity index (χ1n) is 8.75. The maximum atomic E-state index is 13.0. The van der Waals surface area contributed by atoms with Gasteiger partial charge in [0.25, 0.3) is 11.7 Å². The van der Waals surface area contributed by atoms with Crippen LogP contribution in [0.5, 0.6) is 5.75 Å². The Labute approximate surface area is 176 Å². The predicted octanol–water partition coefficient (Wildman–Crippen LogP) is 5.04. The minimum atomic E-state index is -0.739. The summed E-state index contributed by atoms with van der Waals surface area (Å²) in [6.07, 6.45) is 0. The van der Waals surface area contributed by atoms with E-state index in [9.17, 15) is 14.7 Å². The number of rotatable bonds is 4. The second kappa shape index (κ2) is 7.73. The lowest BCUT2D eigenvalue weighted by Gasteiger charge is -2.24. The molecule has 4 rings (SSSR count). The van der Waals surface area contributed by atoms with Gasteiger partial charge < -0.3 is 9.84 Å². The van der Waals surface area contributed by atoms with Crippen molar-refractivity contribution in [2.24, 2.45) is 0 Å². The van der Waals surface area contributed by atoms with Crippen LogP contribution in [0.2, 0.25) is 5.02 Å². The average Bonchev–Trinajstić information content (AvgIpc) is 3.35. The van der Waals surface area contributed by atoms with Gasteiger partial charge in [0.05, 0.1) is 12.7 Å². The molecule has 0 aliphatic carbocycles. The molecule has 1 fully saturated rings. The number of halogens is 1. The second-order valence-corrected chi connectivity index (χ2v) is 7.81. The van der Waals surface area contributed by atoms with Crippen LogP contribution in [0.3, 0.4) is 0 Å². The number of methoxy groups -OCH3 is 1. The van der Waals surface area contributed by atoms with Gasteiger partial charge in [-0.3, -0.25) is 14.5 Å². The number of benzene rings is 2. The van der Waals surface area contributed by atoms with Crippen molar-refractivity contribution in [3.05, 3.63) is 87.1 Å². The summed E-state index contributed by atoms with van der Waals surface area (Å²) in [5.41, 5.74) is 0.957. The van der Waals surface area contributed by atoms with E-state index in [0.29, 0.717) is 22.0 Å². The largest absolute Gasteiger partial charge is 0.507 e. The lowest BCUT2D eigenvalue weighted by atomic mass is 10.00. The van der Waals surface area contributed by atoms with Crippen LogP contribution in [-0.2, 0) is 9.59 Å². The van der Waals surface area contributed by atoms with Gasteiger partial charge in [0, 0.05) is 21.2 Å². The third kappa shape index (κ3) is 3.41. The summed E-state index contributed by atoms with van der Waals surface area (Å²) in [7, 11) is 1.55. The molecule has 1 N–H and O–H groups in total. The van der Waals surface area contributed by atoms with Gasteiger partial charge in [-0.25, -0.2) is 0 Å². The van der Waals surface area contributed by atoms with Gasteiger partial charge in [-0.2, -0.15) is 0 Å². The number of thiophene rings is 1. The second-order valence-electron chi connectivity index (χ2n) is 6.39. The molecule has 1 amide bonds. The van der Waals surface area contributed by atoms with Crippen molar-refractivity contribution in [3.8, 4) is 5.75 Å². The normalized spacial score (nSPS) is 18.3.